The molecule has 0 unspecified atom stereocenters. The van der Waals surface area contributed by atoms with Gasteiger partial charge in [-0.2, -0.15) is 0 Å². The summed E-state index contributed by atoms with van der Waals surface area (Å²) in [5.74, 6) is 3.56. The van der Waals surface area contributed by atoms with Crippen LogP contribution in [0.25, 0.3) is 0 Å². The molecule has 0 heterocycles. The van der Waals surface area contributed by atoms with Crippen molar-refractivity contribution in [2.75, 3.05) is 56.5 Å². The first-order valence-corrected chi connectivity index (χ1v) is 22.9. The zero-order valence-electron chi connectivity index (χ0n) is 21.8. The quantitative estimate of drug-likeness (QED) is 0.161. The minimum atomic E-state index is -0.266. The van der Waals surface area contributed by atoms with Crippen LogP contribution in [-0.2, 0) is 0 Å². The van der Waals surface area contributed by atoms with Gasteiger partial charge in [0.15, 0.2) is 0 Å². The van der Waals surface area contributed by atoms with Gasteiger partial charge < -0.3 is 0 Å². The summed E-state index contributed by atoms with van der Waals surface area (Å²) in [6.45, 7) is 24.0. The predicted octanol–water partition coefficient (Wildman–Crippen LogP) is 9.06. The first-order valence-electron chi connectivity index (χ1n) is 11.6. The molecule has 0 bridgehead atoms. The topological polar surface area (TPSA) is 0 Å². The van der Waals surface area contributed by atoms with Gasteiger partial charge in [-0.1, -0.05) is 55.4 Å². The van der Waals surface area contributed by atoms with E-state index in [4.69, 9.17) is 0 Å². The predicted molar refractivity (Wildman–Crippen MR) is 148 cm³/mol. The van der Waals surface area contributed by atoms with Crippen molar-refractivity contribution in [3.63, 3.8) is 0 Å². The molecule has 172 valence electrons. The molecule has 0 radical (unpaired) electrons. The van der Waals surface area contributed by atoms with E-state index < -0.39 is 0 Å². The van der Waals surface area contributed by atoms with Crippen LogP contribution in [0.3, 0.4) is 0 Å². The number of hydrogen-bond donors (Lipinski definition) is 0. The van der Waals surface area contributed by atoms with Crippen LogP contribution in [0, 0.1) is 23.7 Å². The van der Waals surface area contributed by atoms with E-state index in [9.17, 15) is 0 Å². The second-order valence-electron chi connectivity index (χ2n) is 10.7. The van der Waals surface area contributed by atoms with Crippen molar-refractivity contribution in [1.29, 1.82) is 0 Å². The van der Waals surface area contributed by atoms with Crippen LogP contribution < -0.4 is 0 Å². The molecule has 0 rings (SSSR count). The van der Waals surface area contributed by atoms with Gasteiger partial charge in [0.25, 0.3) is 0 Å². The Labute approximate surface area is 190 Å². The zero-order valence-corrected chi connectivity index (χ0v) is 26.3. The van der Waals surface area contributed by atoms with E-state index in [0.717, 1.165) is 23.7 Å². The fourth-order valence-electron chi connectivity index (χ4n) is 3.26. The Bertz CT molecular complexity index is 276. The Hall–Kier alpha value is 1.85. The molecule has 0 aromatic rings. The molecule has 0 atom stereocenters. The molecule has 0 nitrogen and oxygen atoms in total. The summed E-state index contributed by atoms with van der Waals surface area (Å²) in [6, 6.07) is 0. The van der Waals surface area contributed by atoms with E-state index >= 15 is 0 Å². The molecule has 0 aromatic heterocycles. The molecule has 0 saturated carbocycles. The summed E-state index contributed by atoms with van der Waals surface area (Å²) in [4.78, 5) is 0. The summed E-state index contributed by atoms with van der Waals surface area (Å²) in [6.07, 6.45) is 10.6. The van der Waals surface area contributed by atoms with Crippen molar-refractivity contribution < 1.29 is 0 Å². The van der Waals surface area contributed by atoms with Crippen LogP contribution in [-0.4, -0.2) is 71.1 Å². The minimum absolute atomic E-state index is 0.266. The summed E-state index contributed by atoms with van der Waals surface area (Å²) in [7, 11) is 0.992. The monoisotopic (exact) mass is 512 g/mol. The SMILES string of the molecule is CC(C)CP(CCP(CC(C)C)CC(C)C)CC(C)C.CP(C)CC[As](C)C. The van der Waals surface area contributed by atoms with Gasteiger partial charge in [0.2, 0.25) is 0 Å². The molecular formula is C24H56AsP3. The molecule has 0 saturated heterocycles. The molecule has 0 amide bonds. The third-order valence-electron chi connectivity index (χ3n) is 4.22. The molecule has 0 spiro atoms. The van der Waals surface area contributed by atoms with Gasteiger partial charge >= 0.3 is 58.7 Å². The first-order chi connectivity index (χ1) is 12.8. The van der Waals surface area contributed by atoms with Gasteiger partial charge in [0.05, 0.1) is 0 Å². The third-order valence-corrected chi connectivity index (χ3v) is 15.5. The fourth-order valence-corrected chi connectivity index (χ4v) is 16.5. The Morgan fingerprint density at radius 1 is 0.536 bits per heavy atom. The van der Waals surface area contributed by atoms with E-state index in [1.807, 2.05) is 0 Å². The molecule has 28 heavy (non-hydrogen) atoms. The molecule has 0 N–H and O–H groups in total. The molecule has 0 fully saturated rings. The van der Waals surface area contributed by atoms with Gasteiger partial charge in [0.1, 0.15) is 0 Å². The summed E-state index contributed by atoms with van der Waals surface area (Å²) in [5, 5.41) is 1.56. The second kappa shape index (κ2) is 19.5. The van der Waals surface area contributed by atoms with E-state index in [2.05, 4.69) is 80.1 Å². The molecule has 0 aliphatic carbocycles. The molecule has 0 aromatic carbocycles. The summed E-state index contributed by atoms with van der Waals surface area (Å²) < 4.78 is 0. The van der Waals surface area contributed by atoms with Gasteiger partial charge in [-0.15, -0.1) is 15.8 Å². The van der Waals surface area contributed by atoms with Crippen molar-refractivity contribution in [2.24, 2.45) is 23.7 Å². The van der Waals surface area contributed by atoms with Crippen LogP contribution >= 0.6 is 23.8 Å². The average Bonchev–Trinajstić information content (AvgIpc) is 2.48. The van der Waals surface area contributed by atoms with Gasteiger partial charge in [-0.3, -0.25) is 0 Å². The van der Waals surface area contributed by atoms with E-state index in [1.165, 1.54) is 30.8 Å². The number of hydrogen-bond acceptors (Lipinski definition) is 0. The van der Waals surface area contributed by atoms with Crippen molar-refractivity contribution in [3.05, 3.63) is 0 Å². The Morgan fingerprint density at radius 2 is 0.821 bits per heavy atom. The van der Waals surface area contributed by atoms with Crippen molar-refractivity contribution in [2.45, 2.75) is 72.0 Å². The van der Waals surface area contributed by atoms with Crippen LogP contribution in [0.2, 0.25) is 16.6 Å². The Morgan fingerprint density at radius 3 is 0.964 bits per heavy atom. The van der Waals surface area contributed by atoms with Gasteiger partial charge in [-0.25, -0.2) is 0 Å². The molecular weight excluding hydrogens is 456 g/mol. The second-order valence-corrected chi connectivity index (χ2v) is 23.8. The number of rotatable bonds is 14. The Balaban J connectivity index is 0. The molecule has 0 aliphatic heterocycles. The van der Waals surface area contributed by atoms with Gasteiger partial charge in [-0.05, 0) is 60.6 Å². The third kappa shape index (κ3) is 25.9. The average molecular weight is 513 g/mol. The Kier molecular flexibility index (Phi) is 22.3. The maximum absolute atomic E-state index is 2.44. The van der Waals surface area contributed by atoms with Crippen LogP contribution in [0.1, 0.15) is 55.4 Å². The summed E-state index contributed by atoms with van der Waals surface area (Å²) in [5.41, 5.74) is 4.87. The van der Waals surface area contributed by atoms with Crippen molar-refractivity contribution in [3.8, 4) is 0 Å². The summed E-state index contributed by atoms with van der Waals surface area (Å²) >= 11 is -0.266. The molecule has 0 aliphatic rings. The fraction of sp³-hybridized carbons (Fsp3) is 1.00. The maximum atomic E-state index is 2.44. The van der Waals surface area contributed by atoms with Crippen LogP contribution in [0.4, 0.5) is 0 Å². The van der Waals surface area contributed by atoms with Crippen molar-refractivity contribution in [1.82, 2.24) is 0 Å². The normalized spacial score (nSPS) is 12.4. The van der Waals surface area contributed by atoms with E-state index in [1.54, 1.807) is 17.5 Å². The van der Waals surface area contributed by atoms with E-state index in [-0.39, 0.29) is 14.7 Å². The van der Waals surface area contributed by atoms with E-state index in [0.29, 0.717) is 23.8 Å². The molecule has 4 heteroatoms. The first kappa shape index (κ1) is 32.0. The standard InChI is InChI=1S/C18H40P2.C6H16AsP/c1-15(2)11-19(12-16(3)4)9-10-20(13-17(5)6)14-18(7)8;1-7(2)5-6-8(3)4/h15-18H,9-14H2,1-8H3;5-6H2,1-4H3. The van der Waals surface area contributed by atoms with Gasteiger partial charge in [0, 0.05) is 0 Å². The van der Waals surface area contributed by atoms with Crippen LogP contribution in [0.15, 0.2) is 0 Å². The zero-order chi connectivity index (χ0) is 22.3. The van der Waals surface area contributed by atoms with Crippen molar-refractivity contribution >= 4 is 38.4 Å². The van der Waals surface area contributed by atoms with Crippen LogP contribution in [0.5, 0.6) is 0 Å².